The number of nitrogens with one attached hydrogen (secondary N) is 1. The third kappa shape index (κ3) is 20.7. The lowest BCUT2D eigenvalue weighted by Crippen LogP contribution is -2.66. The first-order chi connectivity index (χ1) is 33.3. The monoisotopic (exact) mass is 986 g/mol. The maximum absolute atomic E-state index is 13.2. The lowest BCUT2D eigenvalue weighted by atomic mass is 9.96. The zero-order valence-corrected chi connectivity index (χ0v) is 40.2. The van der Waals surface area contributed by atoms with Gasteiger partial charge in [0.25, 0.3) is 0 Å². The zero-order chi connectivity index (χ0) is 50.6. The van der Waals surface area contributed by atoms with Crippen molar-refractivity contribution in [1.82, 2.24) is 5.32 Å². The molecule has 0 aromatic heterocycles. The maximum Gasteiger partial charge on any atom is 0.220 e. The van der Waals surface area contributed by atoms with Crippen LogP contribution in [-0.2, 0) is 33.2 Å². The summed E-state index contributed by atoms with van der Waals surface area (Å²) < 4.78 is 34.0. The van der Waals surface area contributed by atoms with Crippen LogP contribution in [0.15, 0.2) is 72.9 Å². The smallest absolute Gasteiger partial charge is 0.220 e. The Kier molecular flexibility index (Phi) is 30.3. The van der Waals surface area contributed by atoms with Crippen molar-refractivity contribution in [2.24, 2.45) is 0 Å². The molecule has 0 aromatic rings. The average molecular weight is 986 g/mol. The second kappa shape index (κ2) is 34.6. The van der Waals surface area contributed by atoms with Crippen molar-refractivity contribution in [3.63, 3.8) is 0 Å². The van der Waals surface area contributed by atoms with E-state index >= 15 is 0 Å². The van der Waals surface area contributed by atoms with Gasteiger partial charge >= 0.3 is 0 Å². The number of amides is 1. The molecule has 3 aliphatic heterocycles. The predicted octanol–water partition coefficient (Wildman–Crippen LogP) is 1.14. The molecule has 19 nitrogen and oxygen atoms in total. The normalized spacial score (nSPS) is 33.5. The molecular weight excluding hydrogens is 903 g/mol. The molecule has 17 atom stereocenters. The summed E-state index contributed by atoms with van der Waals surface area (Å²) in [6, 6.07) is -1.01. The van der Waals surface area contributed by atoms with Gasteiger partial charge in [-0.05, 0) is 70.6 Å². The van der Waals surface area contributed by atoms with Gasteiger partial charge < -0.3 is 89.9 Å². The Labute approximate surface area is 407 Å². The molecule has 12 N–H and O–H groups in total. The standard InChI is InChI=1S/C50H83NO18/c1-3-5-7-9-11-13-14-15-16-17-18-20-22-24-26-28-38(56)51-33(34(55)27-25-23-21-19-12-10-8-6-4-2)32-64-48-44(62)41(59)46(36(30-53)66-48)69-50-45(63)42(60)47(37(31-54)67-50)68-49-43(61)40(58)39(57)35(29-52)65-49/h5,7,11-13,15-16,18-20,25,27,33-37,39-50,52-55,57-63H,3-4,6,8-10,14,17,21-24,26,28-32H2,1-2H3,(H,51,56)/b7-5-,13-11-,16-15-,19-12+,20-18-,27-25+. The fourth-order valence-electron chi connectivity index (χ4n) is 7.84. The van der Waals surface area contributed by atoms with E-state index in [0.717, 1.165) is 64.2 Å². The number of allylic oxidation sites excluding steroid dienone is 11. The molecular formula is C50H83NO18. The first-order valence-corrected chi connectivity index (χ1v) is 24.7. The topological polar surface area (TPSA) is 307 Å². The van der Waals surface area contributed by atoms with Gasteiger partial charge in [0.05, 0.1) is 38.6 Å². The minimum absolute atomic E-state index is 0.178. The second-order valence-electron chi connectivity index (χ2n) is 17.5. The number of aliphatic hydroxyl groups excluding tert-OH is 11. The third-order valence-corrected chi connectivity index (χ3v) is 12.0. The maximum atomic E-state index is 13.2. The van der Waals surface area contributed by atoms with Gasteiger partial charge in [-0.2, -0.15) is 0 Å². The molecule has 0 saturated carbocycles. The van der Waals surface area contributed by atoms with E-state index in [1.165, 1.54) is 6.42 Å². The van der Waals surface area contributed by atoms with Crippen LogP contribution in [0.5, 0.6) is 0 Å². The Bertz CT molecular complexity index is 1560. The largest absolute Gasteiger partial charge is 0.394 e. The van der Waals surface area contributed by atoms with Crippen LogP contribution in [0.25, 0.3) is 0 Å². The highest BCUT2D eigenvalue weighted by Gasteiger charge is 2.53. The van der Waals surface area contributed by atoms with E-state index in [4.69, 9.17) is 28.4 Å². The lowest BCUT2D eigenvalue weighted by Gasteiger charge is -2.48. The Morgan fingerprint density at radius 2 is 1.00 bits per heavy atom. The van der Waals surface area contributed by atoms with Crippen LogP contribution in [0, 0.1) is 0 Å². The number of carbonyl (C=O) groups excluding carboxylic acids is 1. The van der Waals surface area contributed by atoms with Crippen LogP contribution in [0.2, 0.25) is 0 Å². The van der Waals surface area contributed by atoms with Gasteiger partial charge in [-0.1, -0.05) is 99.6 Å². The third-order valence-electron chi connectivity index (χ3n) is 12.0. The van der Waals surface area contributed by atoms with Crippen LogP contribution in [-0.4, -0.2) is 193 Å². The highest BCUT2D eigenvalue weighted by molar-refractivity contribution is 5.76. The van der Waals surface area contributed by atoms with Crippen LogP contribution >= 0.6 is 0 Å². The van der Waals surface area contributed by atoms with Crippen molar-refractivity contribution in [3.05, 3.63) is 72.9 Å². The number of unbranched alkanes of at least 4 members (excludes halogenated alkanes) is 6. The van der Waals surface area contributed by atoms with E-state index in [0.29, 0.717) is 12.8 Å². The van der Waals surface area contributed by atoms with E-state index in [9.17, 15) is 61.0 Å². The van der Waals surface area contributed by atoms with Crippen molar-refractivity contribution in [2.75, 3.05) is 26.4 Å². The number of hydrogen-bond donors (Lipinski definition) is 12. The molecule has 0 aromatic carbocycles. The first-order valence-electron chi connectivity index (χ1n) is 24.7. The van der Waals surface area contributed by atoms with Crippen LogP contribution in [0.3, 0.4) is 0 Å². The Balaban J connectivity index is 1.59. The molecule has 0 bridgehead atoms. The molecule has 1 amide bonds. The molecule has 3 fully saturated rings. The van der Waals surface area contributed by atoms with Crippen LogP contribution < -0.4 is 5.32 Å². The summed E-state index contributed by atoms with van der Waals surface area (Å²) in [4.78, 5) is 13.2. The molecule has 3 rings (SSSR count). The van der Waals surface area contributed by atoms with E-state index in [2.05, 4.69) is 79.9 Å². The number of aliphatic hydroxyl groups is 11. The summed E-state index contributed by atoms with van der Waals surface area (Å²) >= 11 is 0. The number of hydrogen-bond acceptors (Lipinski definition) is 18. The van der Waals surface area contributed by atoms with E-state index in [1.807, 2.05) is 0 Å². The van der Waals surface area contributed by atoms with Gasteiger partial charge in [-0.25, -0.2) is 0 Å². The Morgan fingerprint density at radius 1 is 0.536 bits per heavy atom. The van der Waals surface area contributed by atoms with Gasteiger partial charge in [-0.3, -0.25) is 4.79 Å². The van der Waals surface area contributed by atoms with E-state index in [1.54, 1.807) is 12.2 Å². The first kappa shape index (κ1) is 60.5. The summed E-state index contributed by atoms with van der Waals surface area (Å²) in [6.45, 7) is 1.43. The number of carbonyl (C=O) groups is 1. The highest BCUT2D eigenvalue weighted by atomic mass is 16.8. The van der Waals surface area contributed by atoms with Crippen molar-refractivity contribution >= 4 is 5.91 Å². The summed E-state index contributed by atoms with van der Waals surface area (Å²) in [5.74, 6) is -0.335. The van der Waals surface area contributed by atoms with Crippen LogP contribution in [0.4, 0.5) is 0 Å². The minimum Gasteiger partial charge on any atom is -0.394 e. The summed E-state index contributed by atoms with van der Waals surface area (Å²) in [7, 11) is 0. The van der Waals surface area contributed by atoms with Crippen molar-refractivity contribution in [1.29, 1.82) is 0 Å². The van der Waals surface area contributed by atoms with Crippen molar-refractivity contribution < 1.29 is 89.4 Å². The Morgan fingerprint density at radius 3 is 1.57 bits per heavy atom. The summed E-state index contributed by atoms with van der Waals surface area (Å²) in [5.41, 5.74) is 0. The molecule has 19 heteroatoms. The van der Waals surface area contributed by atoms with Crippen molar-refractivity contribution in [3.8, 4) is 0 Å². The molecule has 3 aliphatic rings. The molecule has 0 radical (unpaired) electrons. The van der Waals surface area contributed by atoms with Crippen LogP contribution in [0.1, 0.15) is 104 Å². The molecule has 3 heterocycles. The number of ether oxygens (including phenoxy) is 6. The van der Waals surface area contributed by atoms with Gasteiger partial charge in [0.2, 0.25) is 5.91 Å². The molecule has 17 unspecified atom stereocenters. The van der Waals surface area contributed by atoms with E-state index < -0.39 is 124 Å². The second-order valence-corrected chi connectivity index (χ2v) is 17.5. The lowest BCUT2D eigenvalue weighted by molar-refractivity contribution is -0.379. The molecule has 3 saturated heterocycles. The van der Waals surface area contributed by atoms with Gasteiger partial charge in [0.1, 0.15) is 73.2 Å². The molecule has 69 heavy (non-hydrogen) atoms. The Hall–Kier alpha value is -2.77. The predicted molar refractivity (Wildman–Crippen MR) is 254 cm³/mol. The fourth-order valence-corrected chi connectivity index (χ4v) is 7.84. The number of rotatable bonds is 32. The fraction of sp³-hybridized carbons (Fsp3) is 0.740. The van der Waals surface area contributed by atoms with Crippen molar-refractivity contribution in [2.45, 2.75) is 208 Å². The quantitative estimate of drug-likeness (QED) is 0.0332. The summed E-state index contributed by atoms with van der Waals surface area (Å²) in [6.07, 6.45) is 9.38. The van der Waals surface area contributed by atoms with E-state index in [-0.39, 0.29) is 18.9 Å². The minimum atomic E-state index is -1.99. The average Bonchev–Trinajstić information content (AvgIpc) is 3.34. The highest BCUT2D eigenvalue weighted by Crippen LogP contribution is 2.33. The molecule has 0 spiro atoms. The zero-order valence-electron chi connectivity index (χ0n) is 40.2. The van der Waals surface area contributed by atoms with Gasteiger partial charge in [0.15, 0.2) is 18.9 Å². The van der Waals surface area contributed by atoms with Gasteiger partial charge in [0, 0.05) is 6.42 Å². The van der Waals surface area contributed by atoms with Gasteiger partial charge in [-0.15, -0.1) is 0 Å². The SMILES string of the molecule is CC/C=C\C/C=C\C/C=C\C/C=C\CCCCC(=O)NC(COC1OC(CO)C(OC2OC(CO)C(OC3OC(CO)C(O)C(O)C3O)C(O)C2O)C(O)C1O)C(O)/C=C/CC/C=C/CCCCC. The molecule has 396 valence electrons. The summed E-state index contributed by atoms with van der Waals surface area (Å²) in [5, 5.41) is 119. The molecule has 0 aliphatic carbocycles.